The Kier molecular flexibility index (Phi) is 5.85. The summed E-state index contributed by atoms with van der Waals surface area (Å²) in [5.41, 5.74) is 0.918. The number of nitrogens with zero attached hydrogens (tertiary/aromatic N) is 1. The van der Waals surface area contributed by atoms with Gasteiger partial charge < -0.3 is 14.6 Å². The topological polar surface area (TPSA) is 59.0 Å². The Morgan fingerprint density at radius 1 is 1.52 bits per heavy atom. The van der Waals surface area contributed by atoms with Crippen LogP contribution in [0.3, 0.4) is 0 Å². The molecule has 0 spiro atoms. The number of carboxylic acids is 1. The highest BCUT2D eigenvalue weighted by Crippen LogP contribution is 2.27. The van der Waals surface area contributed by atoms with Gasteiger partial charge in [-0.25, -0.2) is 4.79 Å². The molecule has 1 aliphatic rings. The average molecular weight is 314 g/mol. The Bertz CT molecular complexity index is 495. The fraction of sp³-hybridized carbons (Fsp3) is 0.533. The lowest BCUT2D eigenvalue weighted by molar-refractivity contribution is -0.139. The van der Waals surface area contributed by atoms with Crippen LogP contribution in [0.15, 0.2) is 18.2 Å². The van der Waals surface area contributed by atoms with E-state index in [4.69, 9.17) is 26.2 Å². The SMILES string of the molecule is COC[C@@H]1CCN(Cc2cc(Cl)ccc2OCC(=O)O)C1. The van der Waals surface area contributed by atoms with Gasteiger partial charge >= 0.3 is 5.97 Å². The number of ether oxygens (including phenoxy) is 2. The van der Waals surface area contributed by atoms with E-state index < -0.39 is 5.97 Å². The lowest BCUT2D eigenvalue weighted by Gasteiger charge is -2.18. The summed E-state index contributed by atoms with van der Waals surface area (Å²) in [6.45, 7) is 3.10. The molecule has 2 rings (SSSR count). The molecule has 0 unspecified atom stereocenters. The summed E-state index contributed by atoms with van der Waals surface area (Å²) in [6.07, 6.45) is 1.11. The van der Waals surface area contributed by atoms with Crippen LogP contribution in [-0.2, 0) is 16.1 Å². The molecule has 1 fully saturated rings. The predicted octanol–water partition coefficient (Wildman–Crippen LogP) is 2.27. The highest BCUT2D eigenvalue weighted by molar-refractivity contribution is 6.30. The first kappa shape index (κ1) is 16.1. The molecule has 1 aromatic rings. The average Bonchev–Trinajstić information content (AvgIpc) is 2.85. The van der Waals surface area contributed by atoms with E-state index in [-0.39, 0.29) is 6.61 Å². The zero-order valence-electron chi connectivity index (χ0n) is 12.0. The Labute approximate surface area is 129 Å². The van der Waals surface area contributed by atoms with Crippen LogP contribution in [0.5, 0.6) is 5.75 Å². The van der Waals surface area contributed by atoms with E-state index >= 15 is 0 Å². The molecule has 0 radical (unpaired) electrons. The minimum atomic E-state index is -0.989. The molecule has 1 N–H and O–H groups in total. The quantitative estimate of drug-likeness (QED) is 0.837. The molecule has 21 heavy (non-hydrogen) atoms. The molecule has 5 nitrogen and oxygen atoms in total. The number of likely N-dealkylation sites (tertiary alicyclic amines) is 1. The van der Waals surface area contributed by atoms with E-state index in [1.54, 1.807) is 19.2 Å². The van der Waals surface area contributed by atoms with Crippen LogP contribution >= 0.6 is 11.6 Å². The third kappa shape index (κ3) is 4.88. The van der Waals surface area contributed by atoms with Gasteiger partial charge in [0.2, 0.25) is 0 Å². The number of hydrogen-bond acceptors (Lipinski definition) is 4. The summed E-state index contributed by atoms with van der Waals surface area (Å²) < 4.78 is 10.5. The Morgan fingerprint density at radius 3 is 3.05 bits per heavy atom. The largest absolute Gasteiger partial charge is 0.482 e. The van der Waals surface area contributed by atoms with Crippen LogP contribution in [0.25, 0.3) is 0 Å². The zero-order valence-corrected chi connectivity index (χ0v) is 12.8. The Hall–Kier alpha value is -1.30. The van der Waals surface area contributed by atoms with Crippen molar-refractivity contribution in [3.05, 3.63) is 28.8 Å². The van der Waals surface area contributed by atoms with Crippen molar-refractivity contribution in [3.63, 3.8) is 0 Å². The van der Waals surface area contributed by atoms with Crippen LogP contribution < -0.4 is 4.74 Å². The molecule has 0 saturated carbocycles. The van der Waals surface area contributed by atoms with Gasteiger partial charge in [0.15, 0.2) is 6.61 Å². The predicted molar refractivity (Wildman–Crippen MR) is 79.8 cm³/mol. The van der Waals surface area contributed by atoms with E-state index in [0.717, 1.165) is 31.7 Å². The van der Waals surface area contributed by atoms with Crippen molar-refractivity contribution in [1.82, 2.24) is 4.90 Å². The van der Waals surface area contributed by atoms with E-state index in [9.17, 15) is 4.79 Å². The molecule has 1 heterocycles. The van der Waals surface area contributed by atoms with Crippen molar-refractivity contribution in [1.29, 1.82) is 0 Å². The van der Waals surface area contributed by atoms with E-state index in [0.29, 0.717) is 23.2 Å². The molecule has 6 heteroatoms. The molecular formula is C15H20ClNO4. The van der Waals surface area contributed by atoms with Gasteiger partial charge in [-0.1, -0.05) is 11.6 Å². The van der Waals surface area contributed by atoms with Gasteiger partial charge in [0.05, 0.1) is 6.61 Å². The molecule has 116 valence electrons. The molecule has 1 saturated heterocycles. The second-order valence-electron chi connectivity index (χ2n) is 5.28. The summed E-state index contributed by atoms with van der Waals surface area (Å²) >= 11 is 6.03. The number of aliphatic carboxylic acids is 1. The van der Waals surface area contributed by atoms with Crippen molar-refractivity contribution in [2.75, 3.05) is 33.4 Å². The van der Waals surface area contributed by atoms with E-state index in [2.05, 4.69) is 4.90 Å². The molecular weight excluding hydrogens is 294 g/mol. The summed E-state index contributed by atoms with van der Waals surface area (Å²) in [6, 6.07) is 5.27. The fourth-order valence-corrected chi connectivity index (χ4v) is 2.82. The van der Waals surface area contributed by atoms with Gasteiger partial charge in [-0.2, -0.15) is 0 Å². The number of benzene rings is 1. The third-order valence-corrected chi connectivity index (χ3v) is 3.78. The number of halogens is 1. The first-order valence-corrected chi connectivity index (χ1v) is 7.30. The highest BCUT2D eigenvalue weighted by atomic mass is 35.5. The molecule has 1 atom stereocenters. The van der Waals surface area contributed by atoms with E-state index in [1.165, 1.54) is 0 Å². The third-order valence-electron chi connectivity index (χ3n) is 3.54. The highest BCUT2D eigenvalue weighted by Gasteiger charge is 2.23. The number of carbonyl (C=O) groups is 1. The number of carboxylic acid groups (broad SMARTS) is 1. The zero-order chi connectivity index (χ0) is 15.2. The Morgan fingerprint density at radius 2 is 2.33 bits per heavy atom. The van der Waals surface area contributed by atoms with Crippen molar-refractivity contribution in [2.45, 2.75) is 13.0 Å². The maximum Gasteiger partial charge on any atom is 0.341 e. The number of rotatable bonds is 7. The second kappa shape index (κ2) is 7.64. The lowest BCUT2D eigenvalue weighted by Crippen LogP contribution is -2.22. The molecule has 1 aliphatic heterocycles. The van der Waals surface area contributed by atoms with Crippen molar-refractivity contribution in [2.24, 2.45) is 5.92 Å². The van der Waals surface area contributed by atoms with Gasteiger partial charge in [-0.3, -0.25) is 4.90 Å². The van der Waals surface area contributed by atoms with Crippen molar-refractivity contribution in [3.8, 4) is 5.75 Å². The molecule has 0 aromatic heterocycles. The number of hydrogen-bond donors (Lipinski definition) is 1. The van der Waals surface area contributed by atoms with Gasteiger partial charge in [0.25, 0.3) is 0 Å². The Balaban J connectivity index is 2.01. The van der Waals surface area contributed by atoms with Gasteiger partial charge in [-0.15, -0.1) is 0 Å². The maximum absolute atomic E-state index is 10.6. The summed E-state index contributed by atoms with van der Waals surface area (Å²) in [5, 5.41) is 9.35. The van der Waals surface area contributed by atoms with Crippen LogP contribution in [0.2, 0.25) is 5.02 Å². The normalized spacial score (nSPS) is 18.9. The standard InChI is InChI=1S/C15H20ClNO4/c1-20-9-11-4-5-17(7-11)8-12-6-13(16)2-3-14(12)21-10-15(18)19/h2-3,6,11H,4-5,7-10H2,1H3,(H,18,19)/t11-/m1/s1. The second-order valence-corrected chi connectivity index (χ2v) is 5.72. The first-order valence-electron chi connectivity index (χ1n) is 6.93. The van der Waals surface area contributed by atoms with Gasteiger partial charge in [0.1, 0.15) is 5.75 Å². The first-order chi connectivity index (χ1) is 10.1. The molecule has 0 bridgehead atoms. The van der Waals surface area contributed by atoms with Crippen molar-refractivity contribution < 1.29 is 19.4 Å². The number of methoxy groups -OCH3 is 1. The fourth-order valence-electron chi connectivity index (χ4n) is 2.62. The monoisotopic (exact) mass is 313 g/mol. The molecule has 0 aliphatic carbocycles. The minimum absolute atomic E-state index is 0.346. The van der Waals surface area contributed by atoms with Crippen molar-refractivity contribution >= 4 is 17.6 Å². The molecule has 0 amide bonds. The summed E-state index contributed by atoms with van der Waals surface area (Å²) in [7, 11) is 1.72. The minimum Gasteiger partial charge on any atom is -0.482 e. The summed E-state index contributed by atoms with van der Waals surface area (Å²) in [4.78, 5) is 12.9. The van der Waals surface area contributed by atoms with Crippen LogP contribution in [0.4, 0.5) is 0 Å². The van der Waals surface area contributed by atoms with Gasteiger partial charge in [0, 0.05) is 30.8 Å². The smallest absolute Gasteiger partial charge is 0.341 e. The molecule has 1 aromatic carbocycles. The maximum atomic E-state index is 10.6. The van der Waals surface area contributed by atoms with Crippen LogP contribution in [-0.4, -0.2) is 49.4 Å². The summed E-state index contributed by atoms with van der Waals surface area (Å²) in [5.74, 6) is 0.145. The lowest BCUT2D eigenvalue weighted by atomic mass is 10.1. The van der Waals surface area contributed by atoms with Gasteiger partial charge in [-0.05, 0) is 37.1 Å². The van der Waals surface area contributed by atoms with Crippen LogP contribution in [0, 0.1) is 5.92 Å². The van der Waals surface area contributed by atoms with E-state index in [1.807, 2.05) is 6.07 Å². The van der Waals surface area contributed by atoms with Crippen LogP contribution in [0.1, 0.15) is 12.0 Å².